The highest BCUT2D eigenvalue weighted by atomic mass is 32.2. The van der Waals surface area contributed by atoms with Crippen LogP contribution in [0.5, 0.6) is 0 Å². The van der Waals surface area contributed by atoms with Gasteiger partial charge in [0.05, 0.1) is 0 Å². The summed E-state index contributed by atoms with van der Waals surface area (Å²) < 4.78 is 45.1. The molecule has 0 unspecified atom stereocenters. The van der Waals surface area contributed by atoms with Gasteiger partial charge in [-0.3, -0.25) is 0 Å². The molecule has 0 aromatic heterocycles. The number of halogens is 1. The lowest BCUT2D eigenvalue weighted by molar-refractivity contribution is 0.133. The van der Waals surface area contributed by atoms with Gasteiger partial charge in [0.2, 0.25) is 10.0 Å². The summed E-state index contributed by atoms with van der Waals surface area (Å²) in [4.78, 5) is -0.366. The van der Waals surface area contributed by atoms with Crippen LogP contribution in [0.15, 0.2) is 23.1 Å². The van der Waals surface area contributed by atoms with Gasteiger partial charge in [-0.15, -0.1) is 0 Å². The van der Waals surface area contributed by atoms with E-state index in [0.717, 1.165) is 12.5 Å². The smallest absolute Gasteiger partial charge is 0.243 e. The summed E-state index contributed by atoms with van der Waals surface area (Å²) in [5.41, 5.74) is 5.99. The van der Waals surface area contributed by atoms with Crippen molar-refractivity contribution in [1.82, 2.24) is 4.72 Å². The summed E-state index contributed by atoms with van der Waals surface area (Å²) in [6.45, 7) is 3.49. The molecule has 0 bridgehead atoms. The Morgan fingerprint density at radius 1 is 1.35 bits per heavy atom. The fraction of sp³-hybridized carbons (Fsp3) is 0.538. The van der Waals surface area contributed by atoms with Crippen LogP contribution in [0.1, 0.15) is 25.3 Å². The maximum absolute atomic E-state index is 13.6. The third kappa shape index (κ3) is 5.16. The molecule has 0 aliphatic carbocycles. The van der Waals surface area contributed by atoms with Crippen molar-refractivity contribution in [2.24, 2.45) is 5.73 Å². The maximum atomic E-state index is 13.6. The first-order chi connectivity index (χ1) is 9.51. The molecule has 3 N–H and O–H groups in total. The van der Waals surface area contributed by atoms with E-state index in [0.29, 0.717) is 25.2 Å². The normalized spacial score (nSPS) is 11.8. The van der Waals surface area contributed by atoms with Crippen LogP contribution in [0.25, 0.3) is 0 Å². The zero-order chi connectivity index (χ0) is 15.0. The fourth-order valence-corrected chi connectivity index (χ4v) is 2.79. The quantitative estimate of drug-likeness (QED) is 0.675. The minimum atomic E-state index is -3.85. The largest absolute Gasteiger partial charge is 0.381 e. The van der Waals surface area contributed by atoms with Crippen molar-refractivity contribution >= 4 is 10.0 Å². The van der Waals surface area contributed by atoms with Crippen molar-refractivity contribution in [3.63, 3.8) is 0 Å². The Hall–Kier alpha value is -1.02. The average molecular weight is 304 g/mol. The zero-order valence-corrected chi connectivity index (χ0v) is 12.4. The van der Waals surface area contributed by atoms with Crippen LogP contribution >= 0.6 is 0 Å². The van der Waals surface area contributed by atoms with Crippen LogP contribution in [0, 0.1) is 5.82 Å². The van der Waals surface area contributed by atoms with Crippen LogP contribution in [-0.2, 0) is 21.3 Å². The Morgan fingerprint density at radius 2 is 2.10 bits per heavy atom. The first-order valence-electron chi connectivity index (χ1n) is 6.57. The van der Waals surface area contributed by atoms with Gasteiger partial charge in [-0.2, -0.15) is 0 Å². The molecule has 5 nitrogen and oxygen atoms in total. The summed E-state index contributed by atoms with van der Waals surface area (Å²) in [5, 5.41) is 0. The van der Waals surface area contributed by atoms with Gasteiger partial charge in [0, 0.05) is 26.3 Å². The standard InChI is InChI=1S/C13H21FN2O3S/c1-2-7-19-8-3-6-16-20(17,18)13-9-11(10-15)4-5-12(13)14/h4-5,9,16H,2-3,6-8,10,15H2,1H3. The Labute approximate surface area is 119 Å². The third-order valence-electron chi connectivity index (χ3n) is 2.63. The summed E-state index contributed by atoms with van der Waals surface area (Å²) in [6, 6.07) is 3.83. The molecule has 0 aliphatic rings. The van der Waals surface area contributed by atoms with E-state index in [4.69, 9.17) is 10.5 Å². The molecular formula is C13H21FN2O3S. The molecule has 0 heterocycles. The van der Waals surface area contributed by atoms with E-state index in [1.807, 2.05) is 6.92 Å². The summed E-state index contributed by atoms with van der Waals surface area (Å²) in [6.07, 6.45) is 1.46. The highest BCUT2D eigenvalue weighted by molar-refractivity contribution is 7.89. The molecule has 1 rings (SSSR count). The molecule has 0 saturated carbocycles. The highest BCUT2D eigenvalue weighted by Gasteiger charge is 2.18. The lowest BCUT2D eigenvalue weighted by Gasteiger charge is -2.09. The van der Waals surface area contributed by atoms with Gasteiger partial charge in [0.1, 0.15) is 10.7 Å². The van der Waals surface area contributed by atoms with Gasteiger partial charge in [-0.05, 0) is 30.5 Å². The summed E-state index contributed by atoms with van der Waals surface area (Å²) >= 11 is 0. The van der Waals surface area contributed by atoms with Crippen molar-refractivity contribution in [3.8, 4) is 0 Å². The molecule has 0 atom stereocenters. The monoisotopic (exact) mass is 304 g/mol. The number of ether oxygens (including phenoxy) is 1. The molecular weight excluding hydrogens is 283 g/mol. The SMILES string of the molecule is CCCOCCCNS(=O)(=O)c1cc(CN)ccc1F. The second kappa shape index (κ2) is 8.31. The Morgan fingerprint density at radius 3 is 2.75 bits per heavy atom. The van der Waals surface area contributed by atoms with Gasteiger partial charge in [-0.25, -0.2) is 17.5 Å². The van der Waals surface area contributed by atoms with Crippen LogP contribution in [0.4, 0.5) is 4.39 Å². The molecule has 1 aromatic carbocycles. The Balaban J connectivity index is 2.60. The minimum absolute atomic E-state index is 0.160. The van der Waals surface area contributed by atoms with E-state index >= 15 is 0 Å². The van der Waals surface area contributed by atoms with Gasteiger partial charge in [0.15, 0.2) is 0 Å². The second-order valence-electron chi connectivity index (χ2n) is 4.33. The van der Waals surface area contributed by atoms with E-state index in [2.05, 4.69) is 4.72 Å². The van der Waals surface area contributed by atoms with Gasteiger partial charge >= 0.3 is 0 Å². The van der Waals surface area contributed by atoms with Crippen LogP contribution < -0.4 is 10.5 Å². The topological polar surface area (TPSA) is 81.4 Å². The van der Waals surface area contributed by atoms with Gasteiger partial charge in [-0.1, -0.05) is 13.0 Å². The molecule has 114 valence electrons. The van der Waals surface area contributed by atoms with Crippen molar-refractivity contribution in [2.45, 2.75) is 31.2 Å². The van der Waals surface area contributed by atoms with E-state index in [9.17, 15) is 12.8 Å². The summed E-state index contributed by atoms with van der Waals surface area (Å²) in [5.74, 6) is -0.781. The maximum Gasteiger partial charge on any atom is 0.243 e. The number of rotatable bonds is 9. The number of nitrogens with two attached hydrogens (primary N) is 1. The molecule has 0 fully saturated rings. The predicted molar refractivity (Wildman–Crippen MR) is 75.2 cm³/mol. The molecule has 7 heteroatoms. The van der Waals surface area contributed by atoms with Crippen LogP contribution in [0.2, 0.25) is 0 Å². The van der Waals surface area contributed by atoms with Crippen molar-refractivity contribution < 1.29 is 17.5 Å². The highest BCUT2D eigenvalue weighted by Crippen LogP contribution is 2.16. The number of hydrogen-bond acceptors (Lipinski definition) is 4. The first kappa shape index (κ1) is 17.0. The molecule has 0 aliphatic heterocycles. The molecule has 0 radical (unpaired) electrons. The number of nitrogens with one attached hydrogen (secondary N) is 1. The molecule has 20 heavy (non-hydrogen) atoms. The van der Waals surface area contributed by atoms with Gasteiger partial charge in [0.25, 0.3) is 0 Å². The fourth-order valence-electron chi connectivity index (χ4n) is 1.59. The lowest BCUT2D eigenvalue weighted by atomic mass is 10.2. The molecule has 1 aromatic rings. The Kier molecular flexibility index (Phi) is 7.08. The lowest BCUT2D eigenvalue weighted by Crippen LogP contribution is -2.26. The number of hydrogen-bond donors (Lipinski definition) is 2. The molecule has 0 saturated heterocycles. The molecule has 0 spiro atoms. The zero-order valence-electron chi connectivity index (χ0n) is 11.6. The van der Waals surface area contributed by atoms with E-state index in [1.165, 1.54) is 12.1 Å². The average Bonchev–Trinajstić information content (AvgIpc) is 2.43. The van der Waals surface area contributed by atoms with Crippen molar-refractivity contribution in [1.29, 1.82) is 0 Å². The predicted octanol–water partition coefficient (Wildman–Crippen LogP) is 1.38. The number of benzene rings is 1. The first-order valence-corrected chi connectivity index (χ1v) is 8.05. The second-order valence-corrected chi connectivity index (χ2v) is 6.07. The van der Waals surface area contributed by atoms with Crippen molar-refractivity contribution in [3.05, 3.63) is 29.6 Å². The van der Waals surface area contributed by atoms with E-state index < -0.39 is 15.8 Å². The minimum Gasteiger partial charge on any atom is -0.381 e. The van der Waals surface area contributed by atoms with E-state index in [1.54, 1.807) is 0 Å². The third-order valence-corrected chi connectivity index (χ3v) is 4.10. The van der Waals surface area contributed by atoms with Gasteiger partial charge < -0.3 is 10.5 Å². The summed E-state index contributed by atoms with van der Waals surface area (Å²) in [7, 11) is -3.85. The van der Waals surface area contributed by atoms with Crippen LogP contribution in [-0.4, -0.2) is 28.2 Å². The van der Waals surface area contributed by atoms with Crippen molar-refractivity contribution in [2.75, 3.05) is 19.8 Å². The van der Waals surface area contributed by atoms with E-state index in [-0.39, 0.29) is 18.0 Å². The number of sulfonamides is 1. The molecule has 0 amide bonds. The van der Waals surface area contributed by atoms with Crippen LogP contribution in [0.3, 0.4) is 0 Å². The Bertz CT molecular complexity index is 520.